The number of carbonyl (C=O) groups excluding carboxylic acids is 1. The van der Waals surface area contributed by atoms with E-state index in [1.165, 1.54) is 0 Å². The zero-order valence-corrected chi connectivity index (χ0v) is 10.2. The van der Waals surface area contributed by atoms with Crippen molar-refractivity contribution < 1.29 is 22.7 Å². The second-order valence-corrected chi connectivity index (χ2v) is 4.36. The number of nitrogens with one attached hydrogen (secondary N) is 2. The Kier molecular flexibility index (Phi) is 6.42. The molecular formula is C11H19F3N2O2. The average molecular weight is 268 g/mol. The van der Waals surface area contributed by atoms with Crippen LogP contribution in [0.1, 0.15) is 25.7 Å². The molecule has 0 aromatic rings. The van der Waals surface area contributed by atoms with Crippen LogP contribution in [0.4, 0.5) is 13.2 Å². The van der Waals surface area contributed by atoms with Gasteiger partial charge in [0.05, 0.1) is 6.61 Å². The van der Waals surface area contributed by atoms with Gasteiger partial charge in [0.25, 0.3) is 0 Å². The second kappa shape index (κ2) is 7.58. The van der Waals surface area contributed by atoms with Crippen molar-refractivity contribution in [1.29, 1.82) is 0 Å². The molecular weight excluding hydrogens is 249 g/mol. The third-order valence-electron chi connectivity index (χ3n) is 2.39. The fourth-order valence-corrected chi connectivity index (χ4v) is 1.36. The Labute approximate surface area is 104 Å². The van der Waals surface area contributed by atoms with Gasteiger partial charge in [-0.05, 0) is 25.8 Å². The van der Waals surface area contributed by atoms with Gasteiger partial charge in [0.2, 0.25) is 5.91 Å². The lowest BCUT2D eigenvalue weighted by Crippen LogP contribution is -2.27. The molecule has 0 aliphatic heterocycles. The van der Waals surface area contributed by atoms with E-state index in [-0.39, 0.29) is 12.5 Å². The molecule has 1 rings (SSSR count). The third kappa shape index (κ3) is 9.23. The minimum atomic E-state index is -4.26. The summed E-state index contributed by atoms with van der Waals surface area (Å²) < 4.78 is 39.5. The van der Waals surface area contributed by atoms with Crippen molar-refractivity contribution in [3.05, 3.63) is 0 Å². The van der Waals surface area contributed by atoms with Gasteiger partial charge in [0.15, 0.2) is 0 Å². The van der Waals surface area contributed by atoms with E-state index in [0.29, 0.717) is 32.0 Å². The molecule has 7 heteroatoms. The van der Waals surface area contributed by atoms with Crippen LogP contribution in [-0.4, -0.2) is 44.4 Å². The smallest absolute Gasteiger partial charge is 0.371 e. The van der Waals surface area contributed by atoms with Crippen LogP contribution in [-0.2, 0) is 9.53 Å². The molecule has 0 bridgehead atoms. The Hall–Kier alpha value is -0.820. The maximum atomic E-state index is 11.7. The summed E-state index contributed by atoms with van der Waals surface area (Å²) in [5.74, 6) is 0.0487. The van der Waals surface area contributed by atoms with E-state index >= 15 is 0 Å². The highest BCUT2D eigenvalue weighted by atomic mass is 19.4. The van der Waals surface area contributed by atoms with E-state index in [1.807, 2.05) is 0 Å². The molecule has 1 saturated carbocycles. The van der Waals surface area contributed by atoms with Crippen molar-refractivity contribution in [3.8, 4) is 0 Å². The highest BCUT2D eigenvalue weighted by Crippen LogP contribution is 2.18. The normalized spacial score (nSPS) is 15.7. The Morgan fingerprint density at radius 2 is 2.00 bits per heavy atom. The van der Waals surface area contributed by atoms with Crippen LogP contribution in [0.3, 0.4) is 0 Å². The lowest BCUT2D eigenvalue weighted by Gasteiger charge is -2.08. The number of rotatable bonds is 9. The second-order valence-electron chi connectivity index (χ2n) is 4.36. The molecule has 1 amide bonds. The van der Waals surface area contributed by atoms with Gasteiger partial charge in [0.1, 0.15) is 6.61 Å². The van der Waals surface area contributed by atoms with Crippen molar-refractivity contribution in [2.75, 3.05) is 26.3 Å². The number of alkyl halides is 3. The first kappa shape index (κ1) is 15.2. The lowest BCUT2D eigenvalue weighted by atomic mass is 10.3. The topological polar surface area (TPSA) is 50.4 Å². The summed E-state index contributed by atoms with van der Waals surface area (Å²) in [7, 11) is 0. The maximum absolute atomic E-state index is 11.7. The van der Waals surface area contributed by atoms with Crippen molar-refractivity contribution in [2.24, 2.45) is 0 Å². The van der Waals surface area contributed by atoms with Crippen LogP contribution < -0.4 is 10.6 Å². The molecule has 0 heterocycles. The Balaban J connectivity index is 1.79. The molecule has 1 fully saturated rings. The van der Waals surface area contributed by atoms with Gasteiger partial charge in [-0.3, -0.25) is 4.79 Å². The molecule has 1 aliphatic carbocycles. The van der Waals surface area contributed by atoms with E-state index in [9.17, 15) is 18.0 Å². The minimum Gasteiger partial charge on any atom is -0.371 e. The average Bonchev–Trinajstić information content (AvgIpc) is 3.04. The van der Waals surface area contributed by atoms with Gasteiger partial charge in [0, 0.05) is 19.0 Å². The SMILES string of the molecule is O=C(CCCNCCOCC(F)(F)F)NC1CC1. The number of hydrogen-bond donors (Lipinski definition) is 2. The quantitative estimate of drug-likeness (QED) is 0.618. The molecule has 2 N–H and O–H groups in total. The lowest BCUT2D eigenvalue weighted by molar-refractivity contribution is -0.173. The van der Waals surface area contributed by atoms with Crippen LogP contribution in [0.15, 0.2) is 0 Å². The predicted octanol–water partition coefficient (Wildman–Crippen LogP) is 1.21. The summed E-state index contributed by atoms with van der Waals surface area (Å²) >= 11 is 0. The largest absolute Gasteiger partial charge is 0.411 e. The van der Waals surface area contributed by atoms with Crippen molar-refractivity contribution >= 4 is 5.91 Å². The summed E-state index contributed by atoms with van der Waals surface area (Å²) in [6.07, 6.45) is -0.993. The van der Waals surface area contributed by atoms with Crippen LogP contribution in [0.5, 0.6) is 0 Å². The summed E-state index contributed by atoms with van der Waals surface area (Å²) in [6.45, 7) is -0.222. The first-order valence-corrected chi connectivity index (χ1v) is 6.12. The monoisotopic (exact) mass is 268 g/mol. The molecule has 0 aromatic heterocycles. The highest BCUT2D eigenvalue weighted by Gasteiger charge is 2.27. The fraction of sp³-hybridized carbons (Fsp3) is 0.909. The predicted molar refractivity (Wildman–Crippen MR) is 60.1 cm³/mol. The highest BCUT2D eigenvalue weighted by molar-refractivity contribution is 5.76. The number of hydrogen-bond acceptors (Lipinski definition) is 3. The number of carbonyl (C=O) groups is 1. The molecule has 106 valence electrons. The standard InChI is InChI=1S/C11H19F3N2O2/c12-11(13,14)8-18-7-6-15-5-1-2-10(17)16-9-3-4-9/h9,15H,1-8H2,(H,16,17). The van der Waals surface area contributed by atoms with Crippen LogP contribution >= 0.6 is 0 Å². The van der Waals surface area contributed by atoms with Gasteiger partial charge in [-0.1, -0.05) is 0 Å². The van der Waals surface area contributed by atoms with Gasteiger partial charge in [-0.2, -0.15) is 13.2 Å². The first-order chi connectivity index (χ1) is 8.47. The number of amides is 1. The van der Waals surface area contributed by atoms with Gasteiger partial charge in [-0.25, -0.2) is 0 Å². The first-order valence-electron chi connectivity index (χ1n) is 6.12. The van der Waals surface area contributed by atoms with Crippen molar-refractivity contribution in [2.45, 2.75) is 37.9 Å². The van der Waals surface area contributed by atoms with Gasteiger partial charge in [-0.15, -0.1) is 0 Å². The summed E-state index contributed by atoms with van der Waals surface area (Å²) in [5.41, 5.74) is 0. The van der Waals surface area contributed by atoms with E-state index in [1.54, 1.807) is 0 Å². The maximum Gasteiger partial charge on any atom is 0.411 e. The van der Waals surface area contributed by atoms with E-state index < -0.39 is 12.8 Å². The molecule has 4 nitrogen and oxygen atoms in total. The van der Waals surface area contributed by atoms with Crippen LogP contribution in [0, 0.1) is 0 Å². The van der Waals surface area contributed by atoms with E-state index in [4.69, 9.17) is 0 Å². The van der Waals surface area contributed by atoms with Crippen LogP contribution in [0.25, 0.3) is 0 Å². The molecule has 0 atom stereocenters. The summed E-state index contributed by atoms with van der Waals surface area (Å²) in [6, 6.07) is 0.376. The van der Waals surface area contributed by atoms with E-state index in [2.05, 4.69) is 15.4 Å². The number of halogens is 3. The molecule has 18 heavy (non-hydrogen) atoms. The summed E-state index contributed by atoms with van der Waals surface area (Å²) in [5, 5.41) is 5.79. The van der Waals surface area contributed by atoms with Crippen molar-refractivity contribution in [3.63, 3.8) is 0 Å². The molecule has 0 aromatic carbocycles. The Morgan fingerprint density at radius 3 is 2.61 bits per heavy atom. The number of ether oxygens (including phenoxy) is 1. The third-order valence-corrected chi connectivity index (χ3v) is 2.39. The van der Waals surface area contributed by atoms with Gasteiger partial charge >= 0.3 is 6.18 Å². The Morgan fingerprint density at radius 1 is 1.28 bits per heavy atom. The van der Waals surface area contributed by atoms with Crippen molar-refractivity contribution in [1.82, 2.24) is 10.6 Å². The zero-order chi connectivity index (χ0) is 13.4. The van der Waals surface area contributed by atoms with Crippen LogP contribution in [0.2, 0.25) is 0 Å². The minimum absolute atomic E-state index is 0.0216. The molecule has 0 unspecified atom stereocenters. The molecule has 1 aliphatic rings. The summed E-state index contributed by atoms with van der Waals surface area (Å²) in [4.78, 5) is 11.3. The molecule has 0 spiro atoms. The molecule has 0 radical (unpaired) electrons. The molecule has 0 saturated heterocycles. The van der Waals surface area contributed by atoms with Gasteiger partial charge < -0.3 is 15.4 Å². The fourth-order valence-electron chi connectivity index (χ4n) is 1.36. The Bertz CT molecular complexity index is 255. The zero-order valence-electron chi connectivity index (χ0n) is 10.2. The van der Waals surface area contributed by atoms with E-state index in [0.717, 1.165) is 12.8 Å².